The summed E-state index contributed by atoms with van der Waals surface area (Å²) >= 11 is 0. The summed E-state index contributed by atoms with van der Waals surface area (Å²) in [5.41, 5.74) is 5.66. The maximum atomic E-state index is 12.0. The molecule has 0 fully saturated rings. The van der Waals surface area contributed by atoms with Gasteiger partial charge in [-0.2, -0.15) is 0 Å². The highest BCUT2D eigenvalue weighted by Crippen LogP contribution is 2.15. The van der Waals surface area contributed by atoms with Gasteiger partial charge < -0.3 is 15.4 Å². The van der Waals surface area contributed by atoms with Gasteiger partial charge in [0.2, 0.25) is 0 Å². The fraction of sp³-hybridized carbons (Fsp3) is 0.867. The summed E-state index contributed by atoms with van der Waals surface area (Å²) in [5.74, 6) is 0.0794. The van der Waals surface area contributed by atoms with Crippen LogP contribution in [0.15, 0.2) is 0 Å². The van der Waals surface area contributed by atoms with Crippen LogP contribution >= 0.6 is 0 Å². The normalized spacial score (nSPS) is 14.2. The molecule has 0 rings (SSSR count). The zero-order chi connectivity index (χ0) is 15.9. The molecule has 0 unspecified atom stereocenters. The molecular weight excluding hydrogens is 256 g/mol. The zero-order valence-electron chi connectivity index (χ0n) is 13.7. The second-order valence-corrected chi connectivity index (χ2v) is 6.11. The van der Waals surface area contributed by atoms with Crippen molar-refractivity contribution in [1.29, 1.82) is 0 Å². The number of hydrogen-bond donors (Lipinski definition) is 1. The molecule has 0 aromatic rings. The fourth-order valence-electron chi connectivity index (χ4n) is 2.00. The van der Waals surface area contributed by atoms with Gasteiger partial charge in [0.05, 0.1) is 0 Å². The number of nitrogens with zero attached hydrogens (tertiary/aromatic N) is 1. The van der Waals surface area contributed by atoms with Crippen molar-refractivity contribution < 1.29 is 14.3 Å². The summed E-state index contributed by atoms with van der Waals surface area (Å²) in [6.07, 6.45) is 0.421. The maximum Gasteiger partial charge on any atom is 0.306 e. The highest BCUT2D eigenvalue weighted by molar-refractivity contribution is 5.83. The van der Waals surface area contributed by atoms with E-state index in [0.717, 1.165) is 6.42 Å². The van der Waals surface area contributed by atoms with Gasteiger partial charge in [0.25, 0.3) is 5.91 Å². The number of carbonyl (C=O) groups excluding carboxylic acids is 2. The third kappa shape index (κ3) is 6.89. The molecule has 0 bridgehead atoms. The van der Waals surface area contributed by atoms with Gasteiger partial charge in [0, 0.05) is 19.5 Å². The van der Waals surface area contributed by atoms with Crippen molar-refractivity contribution in [2.75, 3.05) is 13.6 Å². The number of esters is 1. The molecule has 0 saturated heterocycles. The van der Waals surface area contributed by atoms with Gasteiger partial charge in [-0.1, -0.05) is 13.8 Å². The lowest BCUT2D eigenvalue weighted by Gasteiger charge is -2.25. The third-order valence-electron chi connectivity index (χ3n) is 3.37. The van der Waals surface area contributed by atoms with Crippen molar-refractivity contribution in [3.8, 4) is 0 Å². The monoisotopic (exact) mass is 286 g/mol. The molecule has 118 valence electrons. The van der Waals surface area contributed by atoms with Gasteiger partial charge in [0.1, 0.15) is 0 Å². The Morgan fingerprint density at radius 2 is 1.70 bits per heavy atom. The Morgan fingerprint density at radius 3 is 2.10 bits per heavy atom. The van der Waals surface area contributed by atoms with E-state index in [2.05, 4.69) is 13.8 Å². The number of carbonyl (C=O) groups is 2. The van der Waals surface area contributed by atoms with Crippen LogP contribution in [0.3, 0.4) is 0 Å². The van der Waals surface area contributed by atoms with E-state index in [-0.39, 0.29) is 30.3 Å². The Balaban J connectivity index is 4.34. The van der Waals surface area contributed by atoms with Gasteiger partial charge in [-0.15, -0.1) is 0 Å². The van der Waals surface area contributed by atoms with E-state index in [1.165, 1.54) is 0 Å². The minimum atomic E-state index is -0.743. The summed E-state index contributed by atoms with van der Waals surface area (Å²) in [7, 11) is 1.71. The highest BCUT2D eigenvalue weighted by Gasteiger charge is 2.24. The van der Waals surface area contributed by atoms with Crippen LogP contribution in [0.4, 0.5) is 0 Å². The van der Waals surface area contributed by atoms with Crippen molar-refractivity contribution in [3.63, 3.8) is 0 Å². The van der Waals surface area contributed by atoms with E-state index in [1.54, 1.807) is 18.9 Å². The summed E-state index contributed by atoms with van der Waals surface area (Å²) in [6, 6.07) is 0.0846. The van der Waals surface area contributed by atoms with Crippen LogP contribution in [0.5, 0.6) is 0 Å². The van der Waals surface area contributed by atoms with Crippen LogP contribution in [0.1, 0.15) is 47.5 Å². The van der Waals surface area contributed by atoms with Crippen LogP contribution in [0.2, 0.25) is 0 Å². The molecule has 5 heteroatoms. The van der Waals surface area contributed by atoms with Gasteiger partial charge in [-0.3, -0.25) is 9.59 Å². The second-order valence-electron chi connectivity index (χ2n) is 6.11. The first-order chi connectivity index (χ1) is 9.18. The quantitative estimate of drug-likeness (QED) is 0.691. The maximum absolute atomic E-state index is 12.0. The molecule has 0 aromatic carbocycles. The standard InChI is InChI=1S/C15H30N2O3/c1-10(2)7-13(9-16)8-14(18)20-12(5)15(19)17(6)11(3)4/h10-13H,7-9,16H2,1-6H3/t12-,13-/m0/s1. The topological polar surface area (TPSA) is 72.6 Å². The van der Waals surface area contributed by atoms with E-state index in [4.69, 9.17) is 10.5 Å². The molecule has 1 amide bonds. The third-order valence-corrected chi connectivity index (χ3v) is 3.37. The van der Waals surface area contributed by atoms with Crippen LogP contribution in [-0.2, 0) is 14.3 Å². The molecule has 0 aliphatic rings. The Kier molecular flexibility index (Phi) is 8.46. The van der Waals surface area contributed by atoms with E-state index < -0.39 is 6.10 Å². The van der Waals surface area contributed by atoms with Gasteiger partial charge in [-0.25, -0.2) is 0 Å². The average Bonchev–Trinajstić information content (AvgIpc) is 2.34. The summed E-state index contributed by atoms with van der Waals surface area (Å²) in [6.45, 7) is 10.1. The van der Waals surface area contributed by atoms with E-state index in [9.17, 15) is 9.59 Å². The average molecular weight is 286 g/mol. The van der Waals surface area contributed by atoms with Crippen LogP contribution in [-0.4, -0.2) is 42.5 Å². The lowest BCUT2D eigenvalue weighted by molar-refractivity contribution is -0.160. The molecule has 0 aliphatic carbocycles. The first kappa shape index (κ1) is 18.9. The number of ether oxygens (including phenoxy) is 1. The first-order valence-electron chi connectivity index (χ1n) is 7.35. The Labute approximate surface area is 122 Å². The summed E-state index contributed by atoms with van der Waals surface area (Å²) in [4.78, 5) is 25.4. The molecule has 0 radical (unpaired) electrons. The zero-order valence-corrected chi connectivity index (χ0v) is 13.7. The Morgan fingerprint density at radius 1 is 1.15 bits per heavy atom. The Hall–Kier alpha value is -1.10. The fourth-order valence-corrected chi connectivity index (χ4v) is 2.00. The van der Waals surface area contributed by atoms with Gasteiger partial charge >= 0.3 is 5.97 Å². The molecule has 0 saturated carbocycles. The van der Waals surface area contributed by atoms with Crippen molar-refractivity contribution in [2.45, 2.75) is 59.6 Å². The summed E-state index contributed by atoms with van der Waals surface area (Å²) < 4.78 is 5.21. The smallest absolute Gasteiger partial charge is 0.306 e. The first-order valence-corrected chi connectivity index (χ1v) is 7.35. The van der Waals surface area contributed by atoms with Gasteiger partial charge in [0.15, 0.2) is 6.10 Å². The van der Waals surface area contributed by atoms with Crippen molar-refractivity contribution >= 4 is 11.9 Å². The predicted molar refractivity (Wildman–Crippen MR) is 80.1 cm³/mol. The molecule has 2 atom stereocenters. The summed E-state index contributed by atoms with van der Waals surface area (Å²) in [5, 5.41) is 0. The van der Waals surface area contributed by atoms with Crippen molar-refractivity contribution in [3.05, 3.63) is 0 Å². The highest BCUT2D eigenvalue weighted by atomic mass is 16.5. The van der Waals surface area contributed by atoms with Crippen molar-refractivity contribution in [1.82, 2.24) is 4.90 Å². The van der Waals surface area contributed by atoms with Gasteiger partial charge in [-0.05, 0) is 45.6 Å². The van der Waals surface area contributed by atoms with Crippen LogP contribution in [0.25, 0.3) is 0 Å². The minimum absolute atomic E-state index is 0.0846. The van der Waals surface area contributed by atoms with Crippen molar-refractivity contribution in [2.24, 2.45) is 17.6 Å². The lowest BCUT2D eigenvalue weighted by atomic mass is 9.94. The SMILES string of the molecule is CC(C)C[C@H](CN)CC(=O)O[C@@H](C)C(=O)N(C)C(C)C. The lowest BCUT2D eigenvalue weighted by Crippen LogP contribution is -2.41. The van der Waals surface area contributed by atoms with E-state index in [0.29, 0.717) is 12.5 Å². The number of rotatable bonds is 8. The van der Waals surface area contributed by atoms with Crippen LogP contribution < -0.4 is 5.73 Å². The molecule has 20 heavy (non-hydrogen) atoms. The molecule has 0 aromatic heterocycles. The minimum Gasteiger partial charge on any atom is -0.453 e. The van der Waals surface area contributed by atoms with Crippen LogP contribution in [0, 0.1) is 11.8 Å². The second kappa shape index (κ2) is 8.95. The Bertz CT molecular complexity index is 316. The number of likely N-dealkylation sites (N-methyl/N-ethyl adjacent to an activating group) is 1. The number of amides is 1. The molecule has 0 spiro atoms. The van der Waals surface area contributed by atoms with E-state index in [1.807, 2.05) is 13.8 Å². The molecule has 0 aliphatic heterocycles. The number of nitrogens with two attached hydrogens (primary N) is 1. The number of hydrogen-bond acceptors (Lipinski definition) is 4. The predicted octanol–water partition coefficient (Wildman–Crippen LogP) is 1.80. The molecular formula is C15H30N2O3. The molecule has 5 nitrogen and oxygen atoms in total. The molecule has 2 N–H and O–H groups in total. The largest absolute Gasteiger partial charge is 0.453 e. The van der Waals surface area contributed by atoms with E-state index >= 15 is 0 Å². The molecule has 0 heterocycles.